The summed E-state index contributed by atoms with van der Waals surface area (Å²) in [5.41, 5.74) is 0.960. The Labute approximate surface area is 270 Å². The van der Waals surface area contributed by atoms with Crippen LogP contribution in [-0.2, 0) is 25.6 Å². The van der Waals surface area contributed by atoms with Crippen LogP contribution < -0.4 is 31.3 Å². The number of aliphatic hydroxyl groups excluding tert-OH is 1. The van der Waals surface area contributed by atoms with E-state index in [4.69, 9.17) is 4.74 Å². The van der Waals surface area contributed by atoms with Crippen LogP contribution in [0.25, 0.3) is 0 Å². The summed E-state index contributed by atoms with van der Waals surface area (Å²) in [7, 11) is 0. The van der Waals surface area contributed by atoms with Crippen molar-refractivity contribution in [3.05, 3.63) is 65.7 Å². The molecule has 1 heterocycles. The maximum absolute atomic E-state index is 13.7. The van der Waals surface area contributed by atoms with Crippen LogP contribution in [0.2, 0.25) is 0 Å². The Hall–Kier alpha value is -4.45. The van der Waals surface area contributed by atoms with Gasteiger partial charge in [-0.25, -0.2) is 0 Å². The maximum atomic E-state index is 13.7. The average Bonchev–Trinajstić information content (AvgIpc) is 3.00. The summed E-state index contributed by atoms with van der Waals surface area (Å²) in [6.45, 7) is 7.15. The number of fused-ring (bicyclic) bond motifs is 1. The van der Waals surface area contributed by atoms with Gasteiger partial charge in [-0.1, -0.05) is 63.2 Å². The Bertz CT molecular complexity index is 1340. The van der Waals surface area contributed by atoms with Crippen molar-refractivity contribution in [2.24, 2.45) is 5.41 Å². The summed E-state index contributed by atoms with van der Waals surface area (Å²) in [5, 5.41) is 23.5. The fraction of sp³-hybridized carbons (Fsp3) is 0.500. The van der Waals surface area contributed by atoms with Crippen LogP contribution in [0, 0.1) is 5.41 Å². The van der Waals surface area contributed by atoms with Crippen LogP contribution in [0.4, 0.5) is 0 Å². The first-order valence-corrected chi connectivity index (χ1v) is 15.7. The summed E-state index contributed by atoms with van der Waals surface area (Å²) < 4.78 is 6.06. The zero-order chi connectivity index (χ0) is 33.7. The zero-order valence-corrected chi connectivity index (χ0v) is 27.1. The van der Waals surface area contributed by atoms with Gasteiger partial charge in [0, 0.05) is 13.0 Å². The molecular weight excluding hydrogens is 590 g/mol. The number of unbranched alkanes of at least 4 members (excludes halogenated alkanes) is 1. The number of carbonyl (C=O) groups excluding carboxylic acids is 5. The minimum atomic E-state index is -1.33. The van der Waals surface area contributed by atoms with E-state index in [-0.39, 0.29) is 35.7 Å². The van der Waals surface area contributed by atoms with Gasteiger partial charge >= 0.3 is 0 Å². The van der Waals surface area contributed by atoms with Gasteiger partial charge in [-0.2, -0.15) is 0 Å². The third kappa shape index (κ3) is 11.8. The molecule has 3 rings (SSSR count). The summed E-state index contributed by atoms with van der Waals surface area (Å²) in [6, 6.07) is 12.1. The first kappa shape index (κ1) is 36.0. The lowest BCUT2D eigenvalue weighted by atomic mass is 9.92. The number of aliphatic hydroxyl groups is 1. The van der Waals surface area contributed by atoms with Crippen LogP contribution in [0.15, 0.2) is 54.6 Å². The Morgan fingerprint density at radius 2 is 1.54 bits per heavy atom. The van der Waals surface area contributed by atoms with Gasteiger partial charge in [0.15, 0.2) is 0 Å². The van der Waals surface area contributed by atoms with E-state index < -0.39 is 54.4 Å². The molecule has 6 N–H and O–H groups in total. The maximum Gasteiger partial charge on any atom is 0.255 e. The smallest absolute Gasteiger partial charge is 0.255 e. The van der Waals surface area contributed by atoms with Crippen molar-refractivity contribution >= 4 is 29.5 Å². The molecule has 1 aliphatic heterocycles. The number of hydrogen-bond donors (Lipinski definition) is 6. The fourth-order valence-corrected chi connectivity index (χ4v) is 4.94. The van der Waals surface area contributed by atoms with Crippen molar-refractivity contribution in [1.82, 2.24) is 26.6 Å². The number of ether oxygens (including phenoxy) is 1. The van der Waals surface area contributed by atoms with Gasteiger partial charge in [0.05, 0.1) is 18.2 Å². The Morgan fingerprint density at radius 3 is 2.24 bits per heavy atom. The van der Waals surface area contributed by atoms with E-state index in [0.717, 1.165) is 5.56 Å². The molecular formula is C34H47N5O7. The first-order chi connectivity index (χ1) is 21.9. The molecule has 2 aromatic carbocycles. The molecule has 0 spiro atoms. The lowest BCUT2D eigenvalue weighted by molar-refractivity contribution is -0.132. The van der Waals surface area contributed by atoms with E-state index in [1.807, 2.05) is 51.1 Å². The van der Waals surface area contributed by atoms with E-state index in [0.29, 0.717) is 32.2 Å². The minimum Gasteiger partial charge on any atom is -0.491 e. The molecule has 0 unspecified atom stereocenters. The quantitative estimate of drug-likeness (QED) is 0.227. The first-order valence-electron chi connectivity index (χ1n) is 15.7. The van der Waals surface area contributed by atoms with Crippen molar-refractivity contribution in [2.45, 2.75) is 84.0 Å². The second-order valence-electron chi connectivity index (χ2n) is 12.8. The molecule has 46 heavy (non-hydrogen) atoms. The van der Waals surface area contributed by atoms with E-state index >= 15 is 0 Å². The molecule has 0 aromatic heterocycles. The molecule has 5 amide bonds. The SMILES string of the molecule is C[C@@H]1NC(=O)[C@H](CO)NC(=O)c2ccccc2OC[C@H](Cc2ccccc2)NC(=O)[C@H](CCCCNC(=O)CC(C)(C)C)NC1=O. The topological polar surface area (TPSA) is 175 Å². The highest BCUT2D eigenvalue weighted by atomic mass is 16.5. The number of benzene rings is 2. The molecule has 0 saturated carbocycles. The summed E-state index contributed by atoms with van der Waals surface area (Å²) in [6.07, 6.45) is 2.21. The van der Waals surface area contributed by atoms with Gasteiger partial charge in [-0.15, -0.1) is 0 Å². The number of rotatable bonds is 9. The standard InChI is InChI=1S/C34H47N5O7/c1-22-30(42)38-26(15-10-11-17-35-29(41)19-34(2,3)4)32(44)37-24(18-23-12-6-5-7-13-23)21-46-28-16-9-8-14-25(28)31(43)39-27(20-40)33(45)36-22/h5-9,12-14,16,22,24,26-27,40H,10-11,15,17-21H2,1-4H3,(H,35,41)(H,36,45)(H,37,44)(H,38,42)(H,39,43)/t22-,24-,26-,27-/m0/s1. The van der Waals surface area contributed by atoms with Crippen LogP contribution in [0.3, 0.4) is 0 Å². The van der Waals surface area contributed by atoms with Crippen LogP contribution in [0.5, 0.6) is 5.75 Å². The highest BCUT2D eigenvalue weighted by Crippen LogP contribution is 2.20. The molecule has 0 aliphatic carbocycles. The third-order valence-corrected chi connectivity index (χ3v) is 7.37. The van der Waals surface area contributed by atoms with E-state index in [2.05, 4.69) is 26.6 Å². The van der Waals surface area contributed by atoms with Gasteiger partial charge in [0.25, 0.3) is 5.91 Å². The fourth-order valence-electron chi connectivity index (χ4n) is 4.94. The largest absolute Gasteiger partial charge is 0.491 e. The van der Waals surface area contributed by atoms with Crippen LogP contribution in [-0.4, -0.2) is 78.6 Å². The molecule has 0 saturated heterocycles. The predicted octanol–water partition coefficient (Wildman–Crippen LogP) is 1.61. The zero-order valence-electron chi connectivity index (χ0n) is 27.1. The molecule has 0 fully saturated rings. The Morgan fingerprint density at radius 1 is 0.870 bits per heavy atom. The molecule has 4 atom stereocenters. The van der Waals surface area contributed by atoms with Crippen molar-refractivity contribution in [3.63, 3.8) is 0 Å². The number of para-hydroxylation sites is 1. The molecule has 1 aliphatic rings. The summed E-state index contributed by atoms with van der Waals surface area (Å²) in [5.74, 6) is -2.26. The Balaban J connectivity index is 1.83. The van der Waals surface area contributed by atoms with Crippen LogP contribution in [0.1, 0.15) is 69.3 Å². The number of amides is 5. The lowest BCUT2D eigenvalue weighted by Crippen LogP contribution is -2.57. The summed E-state index contributed by atoms with van der Waals surface area (Å²) in [4.78, 5) is 65.1. The lowest BCUT2D eigenvalue weighted by Gasteiger charge is -2.26. The monoisotopic (exact) mass is 637 g/mol. The van der Waals surface area contributed by atoms with Gasteiger partial charge < -0.3 is 36.4 Å². The average molecular weight is 638 g/mol. The Kier molecular flexibility index (Phi) is 13.5. The number of carbonyl (C=O) groups is 5. The van der Waals surface area contributed by atoms with E-state index in [9.17, 15) is 29.1 Å². The second kappa shape index (κ2) is 17.3. The van der Waals surface area contributed by atoms with E-state index in [1.165, 1.54) is 13.0 Å². The van der Waals surface area contributed by atoms with Crippen molar-refractivity contribution in [1.29, 1.82) is 0 Å². The highest BCUT2D eigenvalue weighted by molar-refractivity contribution is 6.00. The molecule has 12 heteroatoms. The molecule has 2 aromatic rings. The number of hydrogen-bond acceptors (Lipinski definition) is 7. The predicted molar refractivity (Wildman–Crippen MR) is 173 cm³/mol. The van der Waals surface area contributed by atoms with Gasteiger partial charge in [-0.3, -0.25) is 24.0 Å². The second-order valence-corrected chi connectivity index (χ2v) is 12.8. The normalized spacial score (nSPS) is 21.5. The minimum absolute atomic E-state index is 0.00567. The van der Waals surface area contributed by atoms with Crippen molar-refractivity contribution in [2.75, 3.05) is 19.8 Å². The highest BCUT2D eigenvalue weighted by Gasteiger charge is 2.29. The molecule has 250 valence electrons. The van der Waals surface area contributed by atoms with Crippen molar-refractivity contribution < 1.29 is 33.8 Å². The van der Waals surface area contributed by atoms with Crippen LogP contribution >= 0.6 is 0 Å². The third-order valence-electron chi connectivity index (χ3n) is 7.37. The molecule has 12 nitrogen and oxygen atoms in total. The van der Waals surface area contributed by atoms with Gasteiger partial charge in [0.1, 0.15) is 30.5 Å². The van der Waals surface area contributed by atoms with Crippen molar-refractivity contribution in [3.8, 4) is 5.75 Å². The van der Waals surface area contributed by atoms with Gasteiger partial charge in [-0.05, 0) is 55.7 Å². The van der Waals surface area contributed by atoms with Gasteiger partial charge in [0.2, 0.25) is 23.6 Å². The molecule has 0 bridgehead atoms. The number of nitrogens with one attached hydrogen (secondary N) is 5. The summed E-state index contributed by atoms with van der Waals surface area (Å²) >= 11 is 0. The molecule has 0 radical (unpaired) electrons. The van der Waals surface area contributed by atoms with E-state index in [1.54, 1.807) is 18.2 Å².